The van der Waals surface area contributed by atoms with Gasteiger partial charge in [0.05, 0.1) is 33.8 Å². The summed E-state index contributed by atoms with van der Waals surface area (Å²) in [4.78, 5) is 37.5. The van der Waals surface area contributed by atoms with Crippen molar-refractivity contribution >= 4 is 19.7 Å². The molecule has 9 nitrogen and oxygen atoms in total. The van der Waals surface area contributed by atoms with Gasteiger partial charge in [-0.15, -0.1) is 0 Å². The minimum absolute atomic E-state index is 0.0339. The summed E-state index contributed by atoms with van der Waals surface area (Å²) in [5.74, 6) is -0.538. The van der Waals surface area contributed by atoms with E-state index in [0.717, 1.165) is 96.3 Å². The summed E-state index contributed by atoms with van der Waals surface area (Å²) >= 11 is 0. The van der Waals surface area contributed by atoms with Crippen LogP contribution in [0.3, 0.4) is 0 Å². The molecule has 10 heteroatoms. The molecule has 68 heavy (non-hydrogen) atoms. The number of phosphoric acid groups is 1. The molecule has 0 saturated carbocycles. The van der Waals surface area contributed by atoms with Crippen LogP contribution in [0.4, 0.5) is 0 Å². The number of nitrogens with zero attached hydrogens (tertiary/aromatic N) is 1. The molecule has 0 heterocycles. The second-order valence-electron chi connectivity index (χ2n) is 20.1. The van der Waals surface area contributed by atoms with Gasteiger partial charge in [-0.3, -0.25) is 18.6 Å². The fourth-order valence-corrected chi connectivity index (χ4v) is 8.57. The normalized spacial score (nSPS) is 14.3. The average molecular weight is 976 g/mol. The van der Waals surface area contributed by atoms with E-state index < -0.39 is 20.0 Å². The minimum Gasteiger partial charge on any atom is -0.456 e. The standard InChI is InChI=1S/C58H107N2O7P/c1-7-10-13-16-19-22-25-28-30-31-32-35-38-41-44-47-50-57(61)59-55(54-66-68(63,64)65-53-52-60(4,5)6)56(49-46-43-40-37-34-27-24-21-18-15-12-9-3)67-58(62)51-48-45-42-39-36-33-29-26-23-20-17-14-11-8-2/h10,13,19,22,28,30,33,36,46,49,55-56H,7-9,11-12,14-18,20-21,23-27,29,31-32,34-35,37-45,47-48,50-54H2,1-6H3,(H-,59,61,63,64)/p+1/b13-10+,22-19+,30-28+,36-33-,49-46+. The molecule has 3 atom stereocenters. The lowest BCUT2D eigenvalue weighted by Crippen LogP contribution is -2.47. The molecule has 0 bridgehead atoms. The van der Waals surface area contributed by atoms with Gasteiger partial charge < -0.3 is 19.4 Å². The van der Waals surface area contributed by atoms with E-state index in [9.17, 15) is 19.0 Å². The van der Waals surface area contributed by atoms with Gasteiger partial charge in [0.1, 0.15) is 19.3 Å². The predicted molar refractivity (Wildman–Crippen MR) is 291 cm³/mol. The monoisotopic (exact) mass is 976 g/mol. The molecule has 0 aliphatic heterocycles. The van der Waals surface area contributed by atoms with E-state index in [1.165, 1.54) is 109 Å². The summed E-state index contributed by atoms with van der Waals surface area (Å²) in [6.45, 7) is 6.87. The highest BCUT2D eigenvalue weighted by molar-refractivity contribution is 7.47. The van der Waals surface area contributed by atoms with Crippen LogP contribution in [0.5, 0.6) is 0 Å². The van der Waals surface area contributed by atoms with Crippen molar-refractivity contribution in [1.29, 1.82) is 0 Å². The molecule has 0 fully saturated rings. The molecule has 0 aliphatic carbocycles. The van der Waals surface area contributed by atoms with Crippen LogP contribution >= 0.6 is 7.82 Å². The van der Waals surface area contributed by atoms with Gasteiger partial charge in [0.25, 0.3) is 0 Å². The van der Waals surface area contributed by atoms with E-state index in [4.69, 9.17) is 13.8 Å². The van der Waals surface area contributed by atoms with Crippen LogP contribution in [-0.4, -0.2) is 74.3 Å². The maximum atomic E-state index is 13.5. The molecule has 0 aromatic heterocycles. The molecular formula is C58H108N2O7P+. The van der Waals surface area contributed by atoms with Crippen LogP contribution in [0.25, 0.3) is 0 Å². The molecule has 0 aliphatic rings. The number of esters is 1. The number of hydrogen-bond donors (Lipinski definition) is 2. The first-order valence-electron chi connectivity index (χ1n) is 28.1. The zero-order valence-electron chi connectivity index (χ0n) is 45.1. The zero-order chi connectivity index (χ0) is 50.1. The largest absolute Gasteiger partial charge is 0.472 e. The first-order chi connectivity index (χ1) is 32.9. The van der Waals surface area contributed by atoms with E-state index in [0.29, 0.717) is 23.9 Å². The third-order valence-corrected chi connectivity index (χ3v) is 13.2. The van der Waals surface area contributed by atoms with E-state index in [2.05, 4.69) is 74.7 Å². The molecule has 0 aromatic rings. The number of allylic oxidation sites excluding steroid dienone is 9. The van der Waals surface area contributed by atoms with E-state index >= 15 is 0 Å². The van der Waals surface area contributed by atoms with Gasteiger partial charge in [0, 0.05) is 12.8 Å². The third kappa shape index (κ3) is 48.7. The maximum Gasteiger partial charge on any atom is 0.472 e. The Balaban J connectivity index is 5.41. The third-order valence-electron chi connectivity index (χ3n) is 12.2. The number of carbonyl (C=O) groups excluding carboxylic acids is 2. The molecular weight excluding hydrogens is 868 g/mol. The van der Waals surface area contributed by atoms with Crippen molar-refractivity contribution in [2.75, 3.05) is 40.9 Å². The Kier molecular flexibility index (Phi) is 46.7. The molecule has 396 valence electrons. The van der Waals surface area contributed by atoms with Crippen molar-refractivity contribution in [3.8, 4) is 0 Å². The van der Waals surface area contributed by atoms with Crippen LogP contribution in [0.1, 0.15) is 245 Å². The minimum atomic E-state index is -4.45. The SMILES string of the molecule is CC/C=C/C/C=C/C/C=C/CCCCCCCCC(=O)NC(COP(=O)(O)OCC[N+](C)(C)C)C(/C=C/CCCCCCCCCCCC)OC(=O)CCCCC/C=C\CCCCCCCCC. The van der Waals surface area contributed by atoms with Gasteiger partial charge in [0.15, 0.2) is 0 Å². The number of ether oxygens (including phenoxy) is 1. The zero-order valence-corrected chi connectivity index (χ0v) is 46.0. The van der Waals surface area contributed by atoms with Gasteiger partial charge in [-0.1, -0.05) is 204 Å². The number of rotatable bonds is 50. The molecule has 0 aromatic carbocycles. The Morgan fingerprint density at radius 2 is 0.941 bits per heavy atom. The molecule has 0 saturated heterocycles. The summed E-state index contributed by atoms with van der Waals surface area (Å²) in [5, 5.41) is 3.03. The predicted octanol–water partition coefficient (Wildman–Crippen LogP) is 16.7. The van der Waals surface area contributed by atoms with Gasteiger partial charge in [-0.05, 0) is 89.5 Å². The molecule has 0 spiro atoms. The van der Waals surface area contributed by atoms with Crippen molar-refractivity contribution in [2.45, 2.75) is 258 Å². The molecule has 3 unspecified atom stereocenters. The molecule has 2 N–H and O–H groups in total. The van der Waals surface area contributed by atoms with Crippen molar-refractivity contribution in [1.82, 2.24) is 5.32 Å². The Hall–Kier alpha value is -2.29. The summed E-state index contributed by atoms with van der Waals surface area (Å²) in [6.07, 6.45) is 59.2. The quantitative estimate of drug-likeness (QED) is 0.0205. The Morgan fingerprint density at radius 1 is 0.529 bits per heavy atom. The molecule has 1 amide bonds. The second kappa shape index (κ2) is 48.3. The molecule has 0 rings (SSSR count). The summed E-state index contributed by atoms with van der Waals surface area (Å²) in [5.41, 5.74) is 0. The van der Waals surface area contributed by atoms with Crippen LogP contribution in [0.15, 0.2) is 60.8 Å². The van der Waals surface area contributed by atoms with Crippen LogP contribution < -0.4 is 5.32 Å². The second-order valence-corrected chi connectivity index (χ2v) is 21.5. The summed E-state index contributed by atoms with van der Waals surface area (Å²) in [6, 6.07) is -0.860. The first kappa shape index (κ1) is 65.7. The van der Waals surface area contributed by atoms with Gasteiger partial charge in [-0.2, -0.15) is 0 Å². The average Bonchev–Trinajstić information content (AvgIpc) is 3.29. The van der Waals surface area contributed by atoms with Gasteiger partial charge in [-0.25, -0.2) is 4.57 Å². The van der Waals surface area contributed by atoms with Crippen molar-refractivity contribution in [3.05, 3.63) is 60.8 Å². The van der Waals surface area contributed by atoms with Crippen molar-refractivity contribution in [3.63, 3.8) is 0 Å². The first-order valence-corrected chi connectivity index (χ1v) is 29.6. The highest BCUT2D eigenvalue weighted by Gasteiger charge is 2.30. The topological polar surface area (TPSA) is 111 Å². The fourth-order valence-electron chi connectivity index (χ4n) is 7.83. The lowest BCUT2D eigenvalue weighted by atomic mass is 10.0. The van der Waals surface area contributed by atoms with Gasteiger partial charge >= 0.3 is 13.8 Å². The molecule has 0 radical (unpaired) electrons. The highest BCUT2D eigenvalue weighted by Crippen LogP contribution is 2.43. The summed E-state index contributed by atoms with van der Waals surface area (Å²) < 4.78 is 30.6. The number of unbranched alkanes of at least 4 members (excludes halogenated alkanes) is 26. The van der Waals surface area contributed by atoms with Gasteiger partial charge in [0.2, 0.25) is 5.91 Å². The lowest BCUT2D eigenvalue weighted by molar-refractivity contribution is -0.870. The number of amides is 1. The number of quaternary nitrogens is 1. The maximum absolute atomic E-state index is 13.5. The van der Waals surface area contributed by atoms with E-state index in [-0.39, 0.29) is 31.5 Å². The summed E-state index contributed by atoms with van der Waals surface area (Å²) in [7, 11) is 1.47. The number of carbonyl (C=O) groups is 2. The number of phosphoric ester groups is 1. The van der Waals surface area contributed by atoms with E-state index in [1.807, 2.05) is 33.3 Å². The Labute approximate surface area is 420 Å². The Bertz CT molecular complexity index is 1350. The fraction of sp³-hybridized carbons (Fsp3) is 0.793. The van der Waals surface area contributed by atoms with Crippen molar-refractivity contribution in [2.24, 2.45) is 0 Å². The van der Waals surface area contributed by atoms with E-state index in [1.54, 1.807) is 0 Å². The van der Waals surface area contributed by atoms with Crippen LogP contribution in [-0.2, 0) is 27.9 Å². The lowest BCUT2D eigenvalue weighted by Gasteiger charge is -2.27. The van der Waals surface area contributed by atoms with Crippen LogP contribution in [0, 0.1) is 0 Å². The number of hydrogen-bond acceptors (Lipinski definition) is 6. The Morgan fingerprint density at radius 3 is 1.44 bits per heavy atom. The highest BCUT2D eigenvalue weighted by atomic mass is 31.2. The van der Waals surface area contributed by atoms with Crippen LogP contribution in [0.2, 0.25) is 0 Å². The number of likely N-dealkylation sites (N-methyl/N-ethyl adjacent to an activating group) is 1. The van der Waals surface area contributed by atoms with Crippen molar-refractivity contribution < 1.29 is 37.3 Å². The number of nitrogens with one attached hydrogen (secondary N) is 1. The smallest absolute Gasteiger partial charge is 0.456 e.